The van der Waals surface area contributed by atoms with Gasteiger partial charge < -0.3 is 23.6 Å². The molecule has 0 bridgehead atoms. The van der Waals surface area contributed by atoms with Gasteiger partial charge in [0.05, 0.1) is 24.6 Å². The number of anilines is 1. The highest BCUT2D eigenvalue weighted by molar-refractivity contribution is 6.72. The number of fused-ring (bicyclic) bond motifs is 2. The van der Waals surface area contributed by atoms with Crippen LogP contribution in [0, 0.1) is 5.92 Å². The molecule has 174 valence electrons. The first-order valence-electron chi connectivity index (χ1n) is 11.0. The number of aliphatic hydroxyl groups is 1. The minimum Gasteiger partial charge on any atom is -0.497 e. The Kier molecular flexibility index (Phi) is 5.89. The number of hydrogen-bond acceptors (Lipinski definition) is 6. The summed E-state index contributed by atoms with van der Waals surface area (Å²) in [4.78, 5) is 15.2. The lowest BCUT2D eigenvalue weighted by Crippen LogP contribution is -2.44. The number of benzene rings is 1. The number of carbonyl (C=O) groups is 1. The van der Waals surface area contributed by atoms with Crippen molar-refractivity contribution < 1.29 is 23.5 Å². The molecule has 0 radical (unpaired) electrons. The van der Waals surface area contributed by atoms with Crippen molar-refractivity contribution in [2.45, 2.75) is 56.7 Å². The molecular weight excluding hydrogens is 431 g/mol. The van der Waals surface area contributed by atoms with Gasteiger partial charge in [-0.3, -0.25) is 9.48 Å². The first-order valence-corrected chi connectivity index (χ1v) is 13.9. The van der Waals surface area contributed by atoms with Gasteiger partial charge in [-0.05, 0) is 37.7 Å². The van der Waals surface area contributed by atoms with Gasteiger partial charge in [-0.15, -0.1) is 5.10 Å². The molecule has 1 spiro atoms. The maximum absolute atomic E-state index is 15.7. The Morgan fingerprint density at radius 2 is 2.12 bits per heavy atom. The minimum atomic E-state index is -3.19. The average Bonchev–Trinajstić information content (AvgIpc) is 3.38. The molecule has 2 aliphatic heterocycles. The number of halogens is 1. The number of aromatic nitrogens is 3. The van der Waals surface area contributed by atoms with Crippen molar-refractivity contribution in [3.05, 3.63) is 35.7 Å². The molecule has 1 aromatic heterocycles. The molecule has 0 aliphatic carbocycles. The van der Waals surface area contributed by atoms with E-state index >= 15 is 4.11 Å². The predicted octanol–water partition coefficient (Wildman–Crippen LogP) is 2.66. The molecule has 0 unspecified atom stereocenters. The topological polar surface area (TPSA) is 89.7 Å². The summed E-state index contributed by atoms with van der Waals surface area (Å²) < 4.78 is 29.3. The molecule has 2 aromatic rings. The quantitative estimate of drug-likeness (QED) is 0.503. The Morgan fingerprint density at radius 3 is 2.78 bits per heavy atom. The maximum Gasteiger partial charge on any atom is 0.264 e. The summed E-state index contributed by atoms with van der Waals surface area (Å²) in [5.74, 6) is 0.144. The molecule has 1 fully saturated rings. The summed E-state index contributed by atoms with van der Waals surface area (Å²) >= 11 is 0. The number of nitrogens with zero attached hydrogens (tertiary/aromatic N) is 4. The van der Waals surface area contributed by atoms with Crippen molar-refractivity contribution in [2.75, 3.05) is 25.7 Å². The van der Waals surface area contributed by atoms with Gasteiger partial charge in [-0.1, -0.05) is 12.1 Å². The van der Waals surface area contributed by atoms with E-state index < -0.39 is 20.1 Å². The summed E-state index contributed by atoms with van der Waals surface area (Å²) in [6.45, 7) is 5.81. The molecule has 1 N–H and O–H groups in total. The van der Waals surface area contributed by atoms with Gasteiger partial charge in [0.15, 0.2) is 5.60 Å². The maximum atomic E-state index is 15.7. The van der Waals surface area contributed by atoms with Crippen molar-refractivity contribution in [2.24, 2.45) is 5.92 Å². The highest BCUT2D eigenvalue weighted by Crippen LogP contribution is 2.60. The number of likely N-dealkylation sites (N-methyl/N-ethyl adjacent to an activating group) is 1. The van der Waals surface area contributed by atoms with Crippen LogP contribution in [-0.4, -0.2) is 61.3 Å². The van der Waals surface area contributed by atoms with Crippen LogP contribution in [0.25, 0.3) is 0 Å². The Hall–Kier alpha value is -2.30. The minimum absolute atomic E-state index is 0.00663. The predicted molar refractivity (Wildman–Crippen MR) is 120 cm³/mol. The van der Waals surface area contributed by atoms with E-state index in [1.54, 1.807) is 43.0 Å². The third-order valence-electron chi connectivity index (χ3n) is 6.89. The van der Waals surface area contributed by atoms with Crippen LogP contribution < -0.4 is 9.64 Å². The molecule has 1 aromatic carbocycles. The van der Waals surface area contributed by atoms with Gasteiger partial charge in [-0.25, -0.2) is 0 Å². The van der Waals surface area contributed by atoms with Gasteiger partial charge in [0.25, 0.3) is 5.91 Å². The number of rotatable bonds is 7. The van der Waals surface area contributed by atoms with E-state index in [-0.39, 0.29) is 24.0 Å². The molecule has 1 saturated heterocycles. The van der Waals surface area contributed by atoms with E-state index in [0.717, 1.165) is 11.3 Å². The van der Waals surface area contributed by atoms with Crippen molar-refractivity contribution in [1.82, 2.24) is 15.0 Å². The number of carbonyl (C=O) groups excluding carboxylic acids is 1. The SMILES string of the molecule is COc1ccc2c(c1)[C@@]1(O[C@H](CCn3cc(CCO)nn3)[C@@H]([Si](C)(C)F)[C@@H]1C)C(=O)N2C. The van der Waals surface area contributed by atoms with Crippen molar-refractivity contribution in [3.63, 3.8) is 0 Å². The molecule has 32 heavy (non-hydrogen) atoms. The second-order valence-electron chi connectivity index (χ2n) is 9.25. The monoisotopic (exact) mass is 462 g/mol. The number of methoxy groups -OCH3 is 1. The standard InChI is InChI=1S/C22H31FN4O4Si/c1-14-20(32(4,5)23)19(8-10-27-13-15(9-11-28)24-25-27)31-22(14)17-12-16(30-3)6-7-18(17)26(2)21(22)29/h6-7,12-14,19-20,28H,8-11H2,1-5H3/t14-,19+,20-,22+/m0/s1. The first kappa shape index (κ1) is 22.9. The Balaban J connectivity index is 1.68. The lowest BCUT2D eigenvalue weighted by molar-refractivity contribution is -0.145. The Morgan fingerprint density at radius 1 is 1.38 bits per heavy atom. The second-order valence-corrected chi connectivity index (χ2v) is 13.0. The van der Waals surface area contributed by atoms with Crippen LogP contribution in [0.3, 0.4) is 0 Å². The third-order valence-corrected chi connectivity index (χ3v) is 9.35. The van der Waals surface area contributed by atoms with Crippen LogP contribution in [0.5, 0.6) is 5.75 Å². The van der Waals surface area contributed by atoms with Gasteiger partial charge >= 0.3 is 0 Å². The summed E-state index contributed by atoms with van der Waals surface area (Å²) in [6.07, 6.45) is 2.30. The molecule has 10 heteroatoms. The van der Waals surface area contributed by atoms with Gasteiger partial charge in [0.2, 0.25) is 8.41 Å². The van der Waals surface area contributed by atoms with E-state index in [1.807, 2.05) is 25.1 Å². The number of amides is 1. The fourth-order valence-electron chi connectivity index (χ4n) is 5.47. The number of aliphatic hydroxyl groups excluding tert-OH is 1. The second kappa shape index (κ2) is 8.24. The smallest absolute Gasteiger partial charge is 0.264 e. The van der Waals surface area contributed by atoms with Gasteiger partial charge in [-0.2, -0.15) is 0 Å². The molecule has 1 amide bonds. The van der Waals surface area contributed by atoms with Crippen LogP contribution in [0.15, 0.2) is 24.4 Å². The number of aryl methyl sites for hydroxylation is 1. The number of ether oxygens (including phenoxy) is 2. The van der Waals surface area contributed by atoms with E-state index in [0.29, 0.717) is 30.8 Å². The van der Waals surface area contributed by atoms with E-state index in [9.17, 15) is 4.79 Å². The molecule has 4 atom stereocenters. The summed E-state index contributed by atoms with van der Waals surface area (Å²) in [6, 6.07) is 5.52. The fraction of sp³-hybridized carbons (Fsp3) is 0.591. The summed E-state index contributed by atoms with van der Waals surface area (Å²) in [5, 5.41) is 17.2. The lowest BCUT2D eigenvalue weighted by atomic mass is 9.82. The third kappa shape index (κ3) is 3.54. The normalized spacial score (nSPS) is 27.4. The number of hydrogen-bond donors (Lipinski definition) is 1. The first-order chi connectivity index (χ1) is 15.1. The molecular formula is C22H31FN4O4Si. The van der Waals surface area contributed by atoms with Crippen molar-refractivity contribution in [1.29, 1.82) is 0 Å². The highest BCUT2D eigenvalue weighted by atomic mass is 28.4. The molecule has 4 rings (SSSR count). The molecule has 0 saturated carbocycles. The summed E-state index contributed by atoms with van der Waals surface area (Å²) in [5.41, 5.74) is 0.626. The average molecular weight is 463 g/mol. The van der Waals surface area contributed by atoms with Crippen LogP contribution in [0.1, 0.15) is 24.6 Å². The van der Waals surface area contributed by atoms with Crippen molar-refractivity contribution in [3.8, 4) is 5.75 Å². The van der Waals surface area contributed by atoms with Gasteiger partial charge in [0, 0.05) is 49.8 Å². The molecule has 8 nitrogen and oxygen atoms in total. The van der Waals surface area contributed by atoms with Crippen LogP contribution in [0.4, 0.5) is 9.80 Å². The zero-order chi connectivity index (χ0) is 23.3. The van der Waals surface area contributed by atoms with Crippen LogP contribution in [-0.2, 0) is 28.1 Å². The lowest BCUT2D eigenvalue weighted by Gasteiger charge is -2.31. The van der Waals surface area contributed by atoms with Crippen LogP contribution >= 0.6 is 0 Å². The molecule has 3 heterocycles. The zero-order valence-electron chi connectivity index (χ0n) is 19.2. The largest absolute Gasteiger partial charge is 0.497 e. The Bertz CT molecular complexity index is 1010. The molecule has 2 aliphatic rings. The summed E-state index contributed by atoms with van der Waals surface area (Å²) in [7, 11) is 0.127. The van der Waals surface area contributed by atoms with E-state index in [2.05, 4.69) is 10.3 Å². The zero-order valence-corrected chi connectivity index (χ0v) is 20.2. The van der Waals surface area contributed by atoms with Crippen molar-refractivity contribution >= 4 is 20.0 Å². The highest BCUT2D eigenvalue weighted by Gasteiger charge is 2.66. The van der Waals surface area contributed by atoms with Crippen LogP contribution in [0.2, 0.25) is 18.6 Å². The van der Waals surface area contributed by atoms with E-state index in [1.165, 1.54) is 0 Å². The fourth-order valence-corrected chi connectivity index (χ4v) is 8.01. The van der Waals surface area contributed by atoms with E-state index in [4.69, 9.17) is 14.6 Å². The Labute approximate surface area is 188 Å². The van der Waals surface area contributed by atoms with Gasteiger partial charge in [0.1, 0.15) is 5.75 Å².